The number of rotatable bonds is 5. The molecule has 7 heteroatoms. The molecule has 5 atom stereocenters. The number of esters is 1. The largest absolute Gasteiger partial charge is 0.452 e. The first-order chi connectivity index (χ1) is 13.7. The van der Waals surface area contributed by atoms with Gasteiger partial charge in [0, 0.05) is 22.6 Å². The van der Waals surface area contributed by atoms with E-state index in [4.69, 9.17) is 4.74 Å². The lowest BCUT2D eigenvalue weighted by Crippen LogP contribution is -2.65. The lowest BCUT2D eigenvalue weighted by Gasteiger charge is -2.60. The van der Waals surface area contributed by atoms with Gasteiger partial charge >= 0.3 is 5.97 Å². The fourth-order valence-electron chi connectivity index (χ4n) is 6.14. The van der Waals surface area contributed by atoms with Crippen molar-refractivity contribution in [3.8, 4) is 0 Å². The standard InChI is InChI=1S/C22H27BrN2O4/c1-13(19(27)24-18-5-3-17(23)4-6-18)29-20(28)21-8-15-7-16(9-21)11-22(10-15,12-21)25-14(2)26/h3-6,13,15-16H,7-12H2,1-2H3,(H,24,27)(H,25,26)/t13-,15-,16+,21?,22?/m1/s1. The van der Waals surface area contributed by atoms with Gasteiger partial charge in [-0.3, -0.25) is 14.4 Å². The second kappa shape index (κ2) is 7.42. The third-order valence-electron chi connectivity index (χ3n) is 6.70. The van der Waals surface area contributed by atoms with Crippen LogP contribution in [0.15, 0.2) is 28.7 Å². The molecule has 6 nitrogen and oxygen atoms in total. The van der Waals surface area contributed by atoms with Crippen LogP contribution < -0.4 is 10.6 Å². The highest BCUT2D eigenvalue weighted by Crippen LogP contribution is 2.62. The lowest BCUT2D eigenvalue weighted by molar-refractivity contribution is -0.181. The van der Waals surface area contributed by atoms with Gasteiger partial charge < -0.3 is 15.4 Å². The van der Waals surface area contributed by atoms with Crippen molar-refractivity contribution in [3.05, 3.63) is 28.7 Å². The number of hydrogen-bond donors (Lipinski definition) is 2. The number of halogens is 1. The maximum Gasteiger partial charge on any atom is 0.312 e. The maximum atomic E-state index is 13.2. The molecule has 0 heterocycles. The molecule has 4 bridgehead atoms. The van der Waals surface area contributed by atoms with Crippen LogP contribution >= 0.6 is 15.9 Å². The minimum absolute atomic E-state index is 0.0438. The summed E-state index contributed by atoms with van der Waals surface area (Å²) in [5.74, 6) is 0.185. The normalized spacial score (nSPS) is 33.1. The highest BCUT2D eigenvalue weighted by molar-refractivity contribution is 9.10. The van der Waals surface area contributed by atoms with Crippen LogP contribution in [0.4, 0.5) is 5.69 Å². The predicted octanol–water partition coefficient (Wildman–Crippen LogP) is 3.79. The summed E-state index contributed by atoms with van der Waals surface area (Å²) >= 11 is 3.36. The van der Waals surface area contributed by atoms with Crippen molar-refractivity contribution in [3.63, 3.8) is 0 Å². The van der Waals surface area contributed by atoms with Gasteiger partial charge in [0.05, 0.1) is 5.41 Å². The fourth-order valence-corrected chi connectivity index (χ4v) is 6.40. The van der Waals surface area contributed by atoms with Crippen molar-refractivity contribution >= 4 is 39.4 Å². The van der Waals surface area contributed by atoms with Crippen LogP contribution in [0.5, 0.6) is 0 Å². The average molecular weight is 463 g/mol. The Morgan fingerprint density at radius 3 is 2.31 bits per heavy atom. The monoisotopic (exact) mass is 462 g/mol. The van der Waals surface area contributed by atoms with Gasteiger partial charge in [-0.2, -0.15) is 0 Å². The van der Waals surface area contributed by atoms with E-state index >= 15 is 0 Å². The summed E-state index contributed by atoms with van der Waals surface area (Å²) in [5.41, 5.74) is -0.225. The van der Waals surface area contributed by atoms with E-state index in [0.29, 0.717) is 23.9 Å². The van der Waals surface area contributed by atoms with E-state index in [-0.39, 0.29) is 23.3 Å². The minimum Gasteiger partial charge on any atom is -0.452 e. The summed E-state index contributed by atoms with van der Waals surface area (Å²) < 4.78 is 6.59. The molecule has 156 valence electrons. The Kier molecular flexibility index (Phi) is 5.21. The van der Waals surface area contributed by atoms with E-state index in [1.54, 1.807) is 19.1 Å². The molecule has 0 aliphatic heterocycles. The summed E-state index contributed by atoms with van der Waals surface area (Å²) in [6, 6.07) is 7.24. The van der Waals surface area contributed by atoms with Crippen molar-refractivity contribution in [2.24, 2.45) is 17.3 Å². The molecule has 29 heavy (non-hydrogen) atoms. The maximum absolute atomic E-state index is 13.2. The number of carbonyl (C=O) groups is 3. The highest BCUT2D eigenvalue weighted by atomic mass is 79.9. The molecule has 4 aliphatic rings. The molecule has 4 aliphatic carbocycles. The Hall–Kier alpha value is -1.89. The van der Waals surface area contributed by atoms with Gasteiger partial charge in [-0.25, -0.2) is 0 Å². The summed E-state index contributed by atoms with van der Waals surface area (Å²) in [6.07, 6.45) is 4.34. The molecule has 2 N–H and O–H groups in total. The zero-order valence-corrected chi connectivity index (χ0v) is 18.4. The van der Waals surface area contributed by atoms with E-state index < -0.39 is 11.5 Å². The van der Waals surface area contributed by atoms with Crippen molar-refractivity contribution in [2.75, 3.05) is 5.32 Å². The second-order valence-electron chi connectivity index (χ2n) is 9.25. The topological polar surface area (TPSA) is 84.5 Å². The smallest absolute Gasteiger partial charge is 0.312 e. The molecular weight excluding hydrogens is 436 g/mol. The van der Waals surface area contributed by atoms with Gasteiger partial charge in [0.2, 0.25) is 5.91 Å². The first-order valence-corrected chi connectivity index (χ1v) is 11.0. The molecule has 1 aromatic rings. The quantitative estimate of drug-likeness (QED) is 0.651. The minimum atomic E-state index is -0.879. The zero-order chi connectivity index (χ0) is 20.8. The van der Waals surface area contributed by atoms with Crippen LogP contribution in [0.25, 0.3) is 0 Å². The van der Waals surface area contributed by atoms with Crippen molar-refractivity contribution < 1.29 is 19.1 Å². The van der Waals surface area contributed by atoms with E-state index in [1.807, 2.05) is 12.1 Å². The highest BCUT2D eigenvalue weighted by Gasteiger charge is 2.61. The SMILES string of the molecule is CC(=O)NC12C[C@H]3C[C@@H](C1)CC(C(=O)O[C@H](C)C(=O)Nc1ccc(Br)cc1)(C3)C2. The van der Waals surface area contributed by atoms with Crippen molar-refractivity contribution in [1.29, 1.82) is 0 Å². The molecule has 5 rings (SSSR count). The molecule has 2 unspecified atom stereocenters. The van der Waals surface area contributed by atoms with Crippen LogP contribution in [0.2, 0.25) is 0 Å². The van der Waals surface area contributed by atoms with Gasteiger partial charge in [-0.15, -0.1) is 0 Å². The number of anilines is 1. The Bertz CT molecular complexity index is 824. The molecule has 0 aromatic heterocycles. The van der Waals surface area contributed by atoms with Crippen molar-refractivity contribution in [1.82, 2.24) is 5.32 Å². The Morgan fingerprint density at radius 2 is 1.72 bits per heavy atom. The molecule has 0 radical (unpaired) electrons. The fraction of sp³-hybridized carbons (Fsp3) is 0.591. The van der Waals surface area contributed by atoms with Gasteiger partial charge in [-0.1, -0.05) is 15.9 Å². The molecule has 0 saturated heterocycles. The number of benzene rings is 1. The van der Waals surface area contributed by atoms with Crippen LogP contribution in [-0.4, -0.2) is 29.4 Å². The van der Waals surface area contributed by atoms with Crippen molar-refractivity contribution in [2.45, 2.75) is 64.0 Å². The molecule has 1 aromatic carbocycles. The van der Waals surface area contributed by atoms with Gasteiger partial charge in [0.25, 0.3) is 5.91 Å². The number of carbonyl (C=O) groups excluding carboxylic acids is 3. The molecule has 4 saturated carbocycles. The number of hydrogen-bond acceptors (Lipinski definition) is 4. The Balaban J connectivity index is 1.44. The van der Waals surface area contributed by atoms with Gasteiger partial charge in [0.1, 0.15) is 0 Å². The molecule has 2 amide bonds. The molecule has 0 spiro atoms. The summed E-state index contributed by atoms with van der Waals surface area (Å²) in [4.78, 5) is 37.5. The van der Waals surface area contributed by atoms with E-state index in [0.717, 1.165) is 36.6 Å². The molecular formula is C22H27BrN2O4. The number of ether oxygens (including phenoxy) is 1. The van der Waals surface area contributed by atoms with Crippen LogP contribution in [-0.2, 0) is 19.1 Å². The first kappa shape index (κ1) is 20.4. The molecule has 4 fully saturated rings. The third kappa shape index (κ3) is 4.06. The first-order valence-electron chi connectivity index (χ1n) is 10.2. The average Bonchev–Trinajstić information content (AvgIpc) is 2.61. The van der Waals surface area contributed by atoms with Gasteiger partial charge in [-0.05, 0) is 81.5 Å². The van der Waals surface area contributed by atoms with E-state index in [1.165, 1.54) is 6.92 Å². The van der Waals surface area contributed by atoms with E-state index in [9.17, 15) is 14.4 Å². The number of amides is 2. The number of nitrogens with one attached hydrogen (secondary N) is 2. The van der Waals surface area contributed by atoms with Gasteiger partial charge in [0.15, 0.2) is 6.10 Å². The summed E-state index contributed by atoms with van der Waals surface area (Å²) in [5, 5.41) is 5.94. The van der Waals surface area contributed by atoms with Crippen LogP contribution in [0.1, 0.15) is 52.4 Å². The summed E-state index contributed by atoms with van der Waals surface area (Å²) in [7, 11) is 0. The van der Waals surface area contributed by atoms with Crippen LogP contribution in [0.3, 0.4) is 0 Å². The third-order valence-corrected chi connectivity index (χ3v) is 7.23. The zero-order valence-electron chi connectivity index (χ0n) is 16.8. The van der Waals surface area contributed by atoms with Crippen LogP contribution in [0, 0.1) is 17.3 Å². The Morgan fingerprint density at radius 1 is 1.10 bits per heavy atom. The lowest BCUT2D eigenvalue weighted by atomic mass is 9.47. The predicted molar refractivity (Wildman–Crippen MR) is 112 cm³/mol. The summed E-state index contributed by atoms with van der Waals surface area (Å²) in [6.45, 7) is 3.15. The Labute approximate surface area is 179 Å². The second-order valence-corrected chi connectivity index (χ2v) is 10.2. The van der Waals surface area contributed by atoms with E-state index in [2.05, 4.69) is 26.6 Å².